The summed E-state index contributed by atoms with van der Waals surface area (Å²) < 4.78 is 13.6. The van der Waals surface area contributed by atoms with Gasteiger partial charge in [-0.2, -0.15) is 0 Å². The molecular formula is C46H29NO2. The van der Waals surface area contributed by atoms with Crippen molar-refractivity contribution in [3.8, 4) is 22.3 Å². The summed E-state index contributed by atoms with van der Waals surface area (Å²) in [7, 11) is 0. The van der Waals surface area contributed by atoms with E-state index in [4.69, 9.17) is 8.83 Å². The number of benzene rings is 8. The minimum Gasteiger partial charge on any atom is -0.455 e. The van der Waals surface area contributed by atoms with Crippen LogP contribution in [0, 0.1) is 0 Å². The second-order valence-electron chi connectivity index (χ2n) is 12.5. The van der Waals surface area contributed by atoms with Crippen LogP contribution in [-0.2, 0) is 0 Å². The van der Waals surface area contributed by atoms with E-state index < -0.39 is 0 Å². The normalized spacial score (nSPS) is 11.7. The van der Waals surface area contributed by atoms with Gasteiger partial charge in [0, 0.05) is 32.9 Å². The Kier molecular flexibility index (Phi) is 6.18. The van der Waals surface area contributed by atoms with E-state index in [9.17, 15) is 0 Å². The molecule has 0 saturated carbocycles. The number of nitrogens with zero attached hydrogens (tertiary/aromatic N) is 1. The number of furan rings is 2. The van der Waals surface area contributed by atoms with Crippen molar-refractivity contribution in [2.75, 3.05) is 4.90 Å². The van der Waals surface area contributed by atoms with E-state index >= 15 is 0 Å². The smallest absolute Gasteiger partial charge is 0.159 e. The third kappa shape index (κ3) is 4.37. The standard InChI is InChI=1S/C46H29NO2/c1-3-12-30(13-4-1)32-22-26-34(27-23-32)47(35-28-24-33(25-29-35)31-14-5-2-6-15-31)40-20-11-19-39-42-36-16-7-8-17-37(36)45-43(46(42)49-44(39)40)38-18-9-10-21-41(38)48-45/h1-29H. The van der Waals surface area contributed by atoms with Crippen molar-refractivity contribution in [1.29, 1.82) is 0 Å². The summed E-state index contributed by atoms with van der Waals surface area (Å²) in [5.74, 6) is 0. The van der Waals surface area contributed by atoms with Gasteiger partial charge in [-0.15, -0.1) is 0 Å². The largest absolute Gasteiger partial charge is 0.455 e. The highest BCUT2D eigenvalue weighted by Gasteiger charge is 2.24. The highest BCUT2D eigenvalue weighted by molar-refractivity contribution is 6.34. The molecule has 0 atom stereocenters. The highest BCUT2D eigenvalue weighted by atomic mass is 16.3. The molecule has 0 radical (unpaired) electrons. The second kappa shape index (κ2) is 11.0. The van der Waals surface area contributed by atoms with Gasteiger partial charge < -0.3 is 13.7 Å². The lowest BCUT2D eigenvalue weighted by Crippen LogP contribution is -2.10. The summed E-state index contributed by atoms with van der Waals surface area (Å²) in [4.78, 5) is 2.31. The lowest BCUT2D eigenvalue weighted by molar-refractivity contribution is 0.665. The first-order chi connectivity index (χ1) is 24.3. The summed E-state index contributed by atoms with van der Waals surface area (Å²) in [6.45, 7) is 0. The zero-order valence-corrected chi connectivity index (χ0v) is 26.5. The van der Waals surface area contributed by atoms with Gasteiger partial charge in [0.05, 0.1) is 11.1 Å². The molecule has 3 heteroatoms. The van der Waals surface area contributed by atoms with Crippen LogP contribution < -0.4 is 4.90 Å². The molecule has 0 N–H and O–H groups in total. The maximum absolute atomic E-state index is 7.08. The van der Waals surface area contributed by atoms with Gasteiger partial charge in [0.1, 0.15) is 16.7 Å². The average Bonchev–Trinajstić information content (AvgIpc) is 3.76. The summed E-state index contributed by atoms with van der Waals surface area (Å²) in [6.07, 6.45) is 0. The van der Waals surface area contributed by atoms with Crippen LogP contribution in [-0.4, -0.2) is 0 Å². The Morgan fingerprint density at radius 1 is 0.306 bits per heavy atom. The molecule has 0 aliphatic rings. The molecule has 0 bridgehead atoms. The van der Waals surface area contributed by atoms with Gasteiger partial charge in [0.25, 0.3) is 0 Å². The minimum atomic E-state index is 0.833. The first-order valence-electron chi connectivity index (χ1n) is 16.6. The fourth-order valence-electron chi connectivity index (χ4n) is 7.38. The molecule has 0 spiro atoms. The van der Waals surface area contributed by atoms with Crippen molar-refractivity contribution in [2.45, 2.75) is 0 Å². The van der Waals surface area contributed by atoms with Crippen molar-refractivity contribution in [2.24, 2.45) is 0 Å². The Labute approximate surface area is 282 Å². The number of hydrogen-bond donors (Lipinski definition) is 0. The minimum absolute atomic E-state index is 0.833. The Bertz CT molecular complexity index is 2710. The van der Waals surface area contributed by atoms with Crippen molar-refractivity contribution >= 4 is 71.7 Å². The quantitative estimate of drug-likeness (QED) is 0.190. The van der Waals surface area contributed by atoms with Crippen molar-refractivity contribution in [1.82, 2.24) is 0 Å². The molecule has 49 heavy (non-hydrogen) atoms. The Morgan fingerprint density at radius 3 is 1.45 bits per heavy atom. The predicted molar refractivity (Wildman–Crippen MR) is 204 cm³/mol. The maximum atomic E-state index is 7.08. The summed E-state index contributed by atoms with van der Waals surface area (Å²) in [5.41, 5.74) is 11.2. The van der Waals surface area contributed by atoms with Crippen LogP contribution in [0.3, 0.4) is 0 Å². The fraction of sp³-hybridized carbons (Fsp3) is 0. The molecule has 10 rings (SSSR count). The first kappa shape index (κ1) is 27.5. The van der Waals surface area contributed by atoms with Gasteiger partial charge in [-0.25, -0.2) is 0 Å². The Balaban J connectivity index is 1.24. The molecule has 8 aromatic carbocycles. The van der Waals surface area contributed by atoms with Crippen LogP contribution in [0.25, 0.3) is 76.9 Å². The van der Waals surface area contributed by atoms with Gasteiger partial charge in [0.15, 0.2) is 5.58 Å². The maximum Gasteiger partial charge on any atom is 0.159 e. The molecule has 230 valence electrons. The van der Waals surface area contributed by atoms with Crippen LogP contribution in [0.1, 0.15) is 0 Å². The van der Waals surface area contributed by atoms with E-state index in [-0.39, 0.29) is 0 Å². The van der Waals surface area contributed by atoms with E-state index in [2.05, 4.69) is 169 Å². The number of para-hydroxylation sites is 2. The molecule has 0 saturated heterocycles. The zero-order chi connectivity index (χ0) is 32.3. The van der Waals surface area contributed by atoms with Crippen LogP contribution in [0.2, 0.25) is 0 Å². The SMILES string of the molecule is c1ccc(-c2ccc(N(c3ccc(-c4ccccc4)cc3)c3cccc4c3oc3c4c4ccccc4c4oc5ccccc5c43)cc2)cc1. The van der Waals surface area contributed by atoms with Gasteiger partial charge in [-0.3, -0.25) is 0 Å². The van der Waals surface area contributed by atoms with Crippen molar-refractivity contribution < 1.29 is 8.83 Å². The first-order valence-corrected chi connectivity index (χ1v) is 16.6. The molecular weight excluding hydrogens is 599 g/mol. The van der Waals surface area contributed by atoms with Gasteiger partial charge in [-0.05, 0) is 64.0 Å². The predicted octanol–water partition coefficient (Wildman–Crippen LogP) is 13.4. The fourth-order valence-corrected chi connectivity index (χ4v) is 7.38. The molecule has 0 amide bonds. The third-order valence-electron chi connectivity index (χ3n) is 9.66. The van der Waals surface area contributed by atoms with E-state index in [0.717, 1.165) is 71.7 Å². The lowest BCUT2D eigenvalue weighted by atomic mass is 9.99. The molecule has 0 aliphatic heterocycles. The molecule has 2 aromatic heterocycles. The number of anilines is 3. The van der Waals surface area contributed by atoms with Crippen molar-refractivity contribution in [3.05, 3.63) is 176 Å². The number of fused-ring (bicyclic) bond motifs is 10. The lowest BCUT2D eigenvalue weighted by Gasteiger charge is -2.26. The zero-order valence-electron chi connectivity index (χ0n) is 26.5. The van der Waals surface area contributed by atoms with E-state index in [0.29, 0.717) is 0 Å². The summed E-state index contributed by atoms with van der Waals surface area (Å²) in [5, 5.41) is 6.44. The van der Waals surface area contributed by atoms with Gasteiger partial charge >= 0.3 is 0 Å². The molecule has 2 heterocycles. The van der Waals surface area contributed by atoms with Crippen molar-refractivity contribution in [3.63, 3.8) is 0 Å². The monoisotopic (exact) mass is 627 g/mol. The molecule has 3 nitrogen and oxygen atoms in total. The van der Waals surface area contributed by atoms with Crippen LogP contribution in [0.4, 0.5) is 17.1 Å². The topological polar surface area (TPSA) is 29.5 Å². The molecule has 0 fully saturated rings. The average molecular weight is 628 g/mol. The van der Waals surface area contributed by atoms with Gasteiger partial charge in [0.2, 0.25) is 0 Å². The van der Waals surface area contributed by atoms with Crippen LogP contribution >= 0.6 is 0 Å². The molecule has 0 aliphatic carbocycles. The van der Waals surface area contributed by atoms with Gasteiger partial charge in [-0.1, -0.05) is 140 Å². The highest BCUT2D eigenvalue weighted by Crippen LogP contribution is 2.48. The third-order valence-corrected chi connectivity index (χ3v) is 9.66. The van der Waals surface area contributed by atoms with E-state index in [1.54, 1.807) is 0 Å². The summed E-state index contributed by atoms with van der Waals surface area (Å²) >= 11 is 0. The summed E-state index contributed by atoms with van der Waals surface area (Å²) in [6, 6.07) is 61.8. The molecule has 10 aromatic rings. The second-order valence-corrected chi connectivity index (χ2v) is 12.5. The Morgan fingerprint density at radius 2 is 0.816 bits per heavy atom. The van der Waals surface area contributed by atoms with Crippen LogP contribution in [0.5, 0.6) is 0 Å². The van der Waals surface area contributed by atoms with E-state index in [1.165, 1.54) is 22.3 Å². The number of rotatable bonds is 5. The van der Waals surface area contributed by atoms with Crippen LogP contribution in [0.15, 0.2) is 185 Å². The Hall–Kier alpha value is -6.58. The number of hydrogen-bond acceptors (Lipinski definition) is 3. The van der Waals surface area contributed by atoms with E-state index in [1.807, 2.05) is 12.1 Å². The molecule has 0 unspecified atom stereocenters.